The quantitative estimate of drug-likeness (QED) is 0.818. The molecule has 6 nitrogen and oxygen atoms in total. The van der Waals surface area contributed by atoms with Crippen LogP contribution in [0.5, 0.6) is 0 Å². The maximum atomic E-state index is 12.9. The van der Waals surface area contributed by atoms with E-state index in [-0.39, 0.29) is 29.6 Å². The fraction of sp³-hybridized carbons (Fsp3) is 0.652. The van der Waals surface area contributed by atoms with Crippen molar-refractivity contribution in [2.24, 2.45) is 0 Å². The molecule has 1 saturated carbocycles. The minimum atomic E-state index is -0.389. The Morgan fingerprint density at radius 1 is 1.03 bits per heavy atom. The fourth-order valence-electron chi connectivity index (χ4n) is 5.40. The lowest BCUT2D eigenvalue weighted by molar-refractivity contribution is -0.132. The van der Waals surface area contributed by atoms with Gasteiger partial charge in [-0.2, -0.15) is 0 Å². The van der Waals surface area contributed by atoms with Crippen LogP contribution in [0.25, 0.3) is 0 Å². The monoisotopic (exact) mass is 399 g/mol. The van der Waals surface area contributed by atoms with Crippen LogP contribution < -0.4 is 5.32 Å². The van der Waals surface area contributed by atoms with Crippen LogP contribution in [0.15, 0.2) is 30.3 Å². The van der Waals surface area contributed by atoms with Crippen LogP contribution in [-0.2, 0) is 11.2 Å². The minimum Gasteiger partial charge on any atom is -0.391 e. The highest BCUT2D eigenvalue weighted by molar-refractivity contribution is 5.77. The van der Waals surface area contributed by atoms with E-state index in [4.69, 9.17) is 0 Å². The van der Waals surface area contributed by atoms with Crippen molar-refractivity contribution in [2.45, 2.75) is 75.5 Å². The number of hydrogen-bond donors (Lipinski definition) is 2. The molecule has 0 bridgehead atoms. The number of carbonyl (C=O) groups excluding carboxylic acids is 2. The Kier molecular flexibility index (Phi) is 6.09. The lowest BCUT2D eigenvalue weighted by Gasteiger charge is -2.39. The van der Waals surface area contributed by atoms with Crippen LogP contribution in [0.4, 0.5) is 4.79 Å². The third-order valence-electron chi connectivity index (χ3n) is 7.14. The van der Waals surface area contributed by atoms with Crippen LogP contribution in [0, 0.1) is 0 Å². The lowest BCUT2D eigenvalue weighted by atomic mass is 9.91. The molecule has 1 spiro atoms. The summed E-state index contributed by atoms with van der Waals surface area (Å²) < 4.78 is 0. The van der Waals surface area contributed by atoms with E-state index >= 15 is 0 Å². The number of hydrogen-bond acceptors (Lipinski definition) is 3. The maximum Gasteiger partial charge on any atom is 0.318 e. The molecule has 2 heterocycles. The highest BCUT2D eigenvalue weighted by Gasteiger charge is 2.51. The highest BCUT2D eigenvalue weighted by Crippen LogP contribution is 2.43. The van der Waals surface area contributed by atoms with Gasteiger partial charge in [0.2, 0.25) is 5.91 Å². The predicted octanol–water partition coefficient (Wildman–Crippen LogP) is 2.70. The molecule has 2 aliphatic heterocycles. The van der Waals surface area contributed by atoms with Gasteiger partial charge in [0.15, 0.2) is 0 Å². The van der Waals surface area contributed by atoms with Gasteiger partial charge in [-0.3, -0.25) is 4.79 Å². The third kappa shape index (κ3) is 4.27. The Bertz CT molecular complexity index is 709. The van der Waals surface area contributed by atoms with Crippen LogP contribution in [0.2, 0.25) is 0 Å². The molecule has 2 N–H and O–H groups in total. The number of carbonyl (C=O) groups is 2. The molecule has 3 aliphatic rings. The Balaban J connectivity index is 1.23. The van der Waals surface area contributed by atoms with Crippen LogP contribution in [0.1, 0.15) is 56.9 Å². The number of benzene rings is 1. The van der Waals surface area contributed by atoms with Gasteiger partial charge in [0, 0.05) is 32.1 Å². The van der Waals surface area contributed by atoms with E-state index in [0.717, 1.165) is 44.9 Å². The second-order valence-corrected chi connectivity index (χ2v) is 8.86. The van der Waals surface area contributed by atoms with Gasteiger partial charge >= 0.3 is 6.03 Å². The first kappa shape index (κ1) is 20.2. The molecular weight excluding hydrogens is 366 g/mol. The number of likely N-dealkylation sites (tertiary alicyclic amines) is 2. The molecule has 1 aromatic carbocycles. The number of amides is 3. The van der Waals surface area contributed by atoms with Crippen LogP contribution >= 0.6 is 0 Å². The summed E-state index contributed by atoms with van der Waals surface area (Å²) in [5.41, 5.74) is 0.856. The van der Waals surface area contributed by atoms with Gasteiger partial charge in [0.1, 0.15) is 0 Å². The first-order chi connectivity index (χ1) is 14.1. The highest BCUT2D eigenvalue weighted by atomic mass is 16.3. The summed E-state index contributed by atoms with van der Waals surface area (Å²) in [6.45, 7) is 2.04. The van der Waals surface area contributed by atoms with E-state index < -0.39 is 0 Å². The topological polar surface area (TPSA) is 72.9 Å². The number of aryl methyl sites for hydroxylation is 1. The summed E-state index contributed by atoms with van der Waals surface area (Å²) in [6.07, 6.45) is 7.20. The smallest absolute Gasteiger partial charge is 0.318 e. The zero-order valence-electron chi connectivity index (χ0n) is 17.2. The summed E-state index contributed by atoms with van der Waals surface area (Å²) in [4.78, 5) is 29.3. The van der Waals surface area contributed by atoms with E-state index in [1.807, 2.05) is 28.0 Å². The fourth-order valence-corrected chi connectivity index (χ4v) is 5.40. The normalized spacial score (nSPS) is 24.2. The first-order valence-corrected chi connectivity index (χ1v) is 11.2. The maximum absolute atomic E-state index is 12.9. The van der Waals surface area contributed by atoms with Gasteiger partial charge in [-0.25, -0.2) is 4.79 Å². The molecule has 6 heteroatoms. The van der Waals surface area contributed by atoms with Gasteiger partial charge < -0.3 is 20.2 Å². The summed E-state index contributed by atoms with van der Waals surface area (Å²) in [5.74, 6) is 0.200. The number of piperidine rings is 1. The van der Waals surface area contributed by atoms with Crippen molar-refractivity contribution in [3.8, 4) is 0 Å². The number of nitrogens with one attached hydrogen (secondary N) is 1. The van der Waals surface area contributed by atoms with Gasteiger partial charge in [0.25, 0.3) is 0 Å². The average molecular weight is 400 g/mol. The van der Waals surface area contributed by atoms with Crippen molar-refractivity contribution in [3.05, 3.63) is 35.9 Å². The molecule has 1 atom stereocenters. The van der Waals surface area contributed by atoms with E-state index in [2.05, 4.69) is 17.4 Å². The van der Waals surface area contributed by atoms with Gasteiger partial charge in [-0.1, -0.05) is 43.2 Å². The Labute approximate surface area is 173 Å². The molecule has 29 heavy (non-hydrogen) atoms. The predicted molar refractivity (Wildman–Crippen MR) is 111 cm³/mol. The van der Waals surface area contributed by atoms with Crippen molar-refractivity contribution < 1.29 is 14.7 Å². The minimum absolute atomic E-state index is 0.0303. The van der Waals surface area contributed by atoms with E-state index in [1.165, 1.54) is 5.56 Å². The summed E-state index contributed by atoms with van der Waals surface area (Å²) in [5, 5.41) is 13.7. The Morgan fingerprint density at radius 2 is 1.72 bits per heavy atom. The van der Waals surface area contributed by atoms with Crippen molar-refractivity contribution in [1.29, 1.82) is 0 Å². The number of urea groups is 1. The lowest BCUT2D eigenvalue weighted by Crippen LogP contribution is -2.57. The zero-order chi connectivity index (χ0) is 20.3. The molecule has 0 radical (unpaired) electrons. The number of aliphatic hydroxyl groups excluding tert-OH is 1. The SMILES string of the molecule is O=C(CCc1ccccc1)N1CCC(NC(=O)N2CCC(O)C23CCCC3)CC1. The van der Waals surface area contributed by atoms with Crippen molar-refractivity contribution >= 4 is 11.9 Å². The number of aliphatic hydroxyl groups is 1. The molecule has 158 valence electrons. The third-order valence-corrected chi connectivity index (χ3v) is 7.14. The number of rotatable bonds is 4. The van der Waals surface area contributed by atoms with Crippen molar-refractivity contribution in [3.63, 3.8) is 0 Å². The Morgan fingerprint density at radius 3 is 2.41 bits per heavy atom. The van der Waals surface area contributed by atoms with E-state index in [1.54, 1.807) is 0 Å². The van der Waals surface area contributed by atoms with Crippen LogP contribution in [-0.4, -0.2) is 64.2 Å². The zero-order valence-corrected chi connectivity index (χ0v) is 17.2. The molecule has 2 saturated heterocycles. The van der Waals surface area contributed by atoms with Crippen LogP contribution in [0.3, 0.4) is 0 Å². The van der Waals surface area contributed by atoms with Gasteiger partial charge in [-0.15, -0.1) is 0 Å². The molecule has 4 rings (SSSR count). The molecule has 0 aromatic heterocycles. The average Bonchev–Trinajstić information content (AvgIpc) is 3.36. The van der Waals surface area contributed by atoms with Crippen molar-refractivity contribution in [1.82, 2.24) is 15.1 Å². The molecular formula is C23H33N3O3. The summed E-state index contributed by atoms with van der Waals surface area (Å²) in [7, 11) is 0. The van der Waals surface area contributed by atoms with E-state index in [9.17, 15) is 14.7 Å². The molecule has 1 aromatic rings. The Hall–Kier alpha value is -2.08. The van der Waals surface area contributed by atoms with Crippen molar-refractivity contribution in [2.75, 3.05) is 19.6 Å². The standard InChI is InChI=1S/C23H33N3O3/c27-20-12-17-26(23(20)13-4-5-14-23)22(29)24-19-10-15-25(16-11-19)21(28)9-8-18-6-2-1-3-7-18/h1-3,6-7,19-20,27H,4-5,8-17H2,(H,24,29). The van der Waals surface area contributed by atoms with Gasteiger partial charge in [-0.05, 0) is 44.1 Å². The summed E-state index contributed by atoms with van der Waals surface area (Å²) in [6, 6.07) is 10.2. The summed E-state index contributed by atoms with van der Waals surface area (Å²) >= 11 is 0. The number of nitrogens with zero attached hydrogens (tertiary/aromatic N) is 2. The first-order valence-electron chi connectivity index (χ1n) is 11.2. The largest absolute Gasteiger partial charge is 0.391 e. The second kappa shape index (κ2) is 8.74. The molecule has 1 unspecified atom stereocenters. The molecule has 3 amide bonds. The van der Waals surface area contributed by atoms with Gasteiger partial charge in [0.05, 0.1) is 11.6 Å². The second-order valence-electron chi connectivity index (χ2n) is 8.86. The molecule has 3 fully saturated rings. The van der Waals surface area contributed by atoms with E-state index in [0.29, 0.717) is 32.5 Å². The molecule has 1 aliphatic carbocycles.